The number of nitrogens with two attached hydrogens (primary N) is 1. The van der Waals surface area contributed by atoms with E-state index in [9.17, 15) is 0 Å². The van der Waals surface area contributed by atoms with Gasteiger partial charge in [0.05, 0.1) is 0 Å². The number of hydrogen-bond acceptors (Lipinski definition) is 1. The van der Waals surface area contributed by atoms with Crippen molar-refractivity contribution in [3.8, 4) is 0 Å². The van der Waals surface area contributed by atoms with Crippen molar-refractivity contribution in [3.63, 3.8) is 0 Å². The summed E-state index contributed by atoms with van der Waals surface area (Å²) in [5.41, 5.74) is 9.98. The van der Waals surface area contributed by atoms with Crippen molar-refractivity contribution in [2.45, 2.75) is 63.3 Å². The van der Waals surface area contributed by atoms with E-state index in [4.69, 9.17) is 5.73 Å². The topological polar surface area (TPSA) is 26.0 Å². The molecular weight excluding hydrogens is 242 g/mol. The Morgan fingerprint density at radius 2 is 1.70 bits per heavy atom. The largest absolute Gasteiger partial charge is 0.327 e. The Bertz CT molecular complexity index is 472. The van der Waals surface area contributed by atoms with Crippen LogP contribution in [-0.2, 0) is 6.42 Å². The van der Waals surface area contributed by atoms with Crippen LogP contribution >= 0.6 is 0 Å². The highest BCUT2D eigenvalue weighted by atomic mass is 14.8. The van der Waals surface area contributed by atoms with Gasteiger partial charge in [0.1, 0.15) is 0 Å². The van der Waals surface area contributed by atoms with Crippen molar-refractivity contribution in [3.05, 3.63) is 35.4 Å². The van der Waals surface area contributed by atoms with Crippen LogP contribution in [0.3, 0.4) is 0 Å². The van der Waals surface area contributed by atoms with Crippen LogP contribution in [0.5, 0.6) is 0 Å². The Labute approximate surface area is 122 Å². The summed E-state index contributed by atoms with van der Waals surface area (Å²) in [7, 11) is 0. The smallest absolute Gasteiger partial charge is 0.0104 e. The summed E-state index contributed by atoms with van der Waals surface area (Å²) in [6, 6.07) is 9.58. The molecule has 4 unspecified atom stereocenters. The first-order valence-electron chi connectivity index (χ1n) is 8.69. The Hall–Kier alpha value is -0.820. The summed E-state index contributed by atoms with van der Waals surface area (Å²) >= 11 is 0. The first kappa shape index (κ1) is 12.9. The zero-order chi connectivity index (χ0) is 13.5. The lowest BCUT2D eigenvalue weighted by Gasteiger charge is -2.23. The maximum absolute atomic E-state index is 6.74. The summed E-state index contributed by atoms with van der Waals surface area (Å²) in [6.45, 7) is 0. The Morgan fingerprint density at radius 3 is 2.50 bits per heavy atom. The van der Waals surface area contributed by atoms with Gasteiger partial charge >= 0.3 is 0 Å². The third kappa shape index (κ3) is 2.11. The van der Waals surface area contributed by atoms with E-state index in [-0.39, 0.29) is 0 Å². The monoisotopic (exact) mass is 269 g/mol. The van der Waals surface area contributed by atoms with Gasteiger partial charge in [-0.25, -0.2) is 0 Å². The molecule has 0 aromatic heterocycles. The summed E-state index contributed by atoms with van der Waals surface area (Å²) < 4.78 is 0. The van der Waals surface area contributed by atoms with Crippen LogP contribution in [0, 0.1) is 17.8 Å². The summed E-state index contributed by atoms with van der Waals surface area (Å²) in [5.74, 6) is 3.31. The molecule has 1 nitrogen and oxygen atoms in total. The van der Waals surface area contributed by atoms with Gasteiger partial charge in [0.15, 0.2) is 0 Å². The first-order valence-corrected chi connectivity index (χ1v) is 8.69. The molecular formula is C19H27N. The highest BCUT2D eigenvalue weighted by Gasteiger charge is 2.56. The lowest BCUT2D eigenvalue weighted by molar-refractivity contribution is 0.332. The van der Waals surface area contributed by atoms with Gasteiger partial charge in [-0.05, 0) is 60.5 Å². The van der Waals surface area contributed by atoms with E-state index in [0.29, 0.717) is 6.04 Å². The van der Waals surface area contributed by atoms with Crippen LogP contribution in [-0.4, -0.2) is 6.04 Å². The molecule has 108 valence electrons. The van der Waals surface area contributed by atoms with Crippen LogP contribution in [0.2, 0.25) is 0 Å². The molecule has 0 heterocycles. The van der Waals surface area contributed by atoms with Gasteiger partial charge in [0, 0.05) is 6.04 Å². The van der Waals surface area contributed by atoms with Gasteiger partial charge in [0.25, 0.3) is 0 Å². The maximum Gasteiger partial charge on any atom is 0.0104 e. The van der Waals surface area contributed by atoms with Crippen molar-refractivity contribution < 1.29 is 0 Å². The fraction of sp³-hybridized carbons (Fsp3) is 0.684. The molecule has 0 spiro atoms. The quantitative estimate of drug-likeness (QED) is 0.798. The summed E-state index contributed by atoms with van der Waals surface area (Å²) in [6.07, 6.45) is 11.1. The summed E-state index contributed by atoms with van der Waals surface area (Å²) in [4.78, 5) is 0. The Balaban J connectivity index is 1.51. The second-order valence-electron chi connectivity index (χ2n) is 7.33. The molecule has 0 saturated heterocycles. The molecule has 2 N–H and O–H groups in total. The molecule has 0 radical (unpaired) electrons. The number of hydrogen-bond donors (Lipinski definition) is 1. The average molecular weight is 269 g/mol. The Morgan fingerprint density at radius 1 is 0.950 bits per heavy atom. The van der Waals surface area contributed by atoms with Crippen molar-refractivity contribution in [2.75, 3.05) is 0 Å². The average Bonchev–Trinajstić information content (AvgIpc) is 3.26. The molecule has 4 rings (SSSR count). The molecule has 1 aromatic carbocycles. The second-order valence-corrected chi connectivity index (χ2v) is 7.33. The molecule has 0 bridgehead atoms. The van der Waals surface area contributed by atoms with Crippen LogP contribution in [0.25, 0.3) is 0 Å². The molecule has 1 aromatic rings. The van der Waals surface area contributed by atoms with E-state index in [1.807, 2.05) is 0 Å². The zero-order valence-corrected chi connectivity index (χ0v) is 12.4. The predicted octanol–water partition coefficient (Wildman–Crippen LogP) is 4.26. The van der Waals surface area contributed by atoms with Crippen LogP contribution < -0.4 is 5.73 Å². The van der Waals surface area contributed by atoms with E-state index in [1.54, 1.807) is 11.1 Å². The number of rotatable bonds is 2. The number of aryl methyl sites for hydroxylation is 1. The van der Waals surface area contributed by atoms with Gasteiger partial charge in [-0.3, -0.25) is 0 Å². The minimum atomic E-state index is 0.467. The van der Waals surface area contributed by atoms with E-state index in [0.717, 1.165) is 23.7 Å². The van der Waals surface area contributed by atoms with Gasteiger partial charge < -0.3 is 5.73 Å². The van der Waals surface area contributed by atoms with Gasteiger partial charge in [0.2, 0.25) is 0 Å². The van der Waals surface area contributed by atoms with Crippen molar-refractivity contribution in [1.29, 1.82) is 0 Å². The second kappa shape index (κ2) is 5.18. The minimum Gasteiger partial charge on any atom is -0.327 e. The molecule has 1 heteroatoms. The van der Waals surface area contributed by atoms with Gasteiger partial charge in [-0.2, -0.15) is 0 Å². The van der Waals surface area contributed by atoms with E-state index < -0.39 is 0 Å². The molecule has 3 aliphatic rings. The molecule has 4 atom stereocenters. The molecule has 2 saturated carbocycles. The lowest BCUT2D eigenvalue weighted by Crippen LogP contribution is -2.33. The molecule has 0 aliphatic heterocycles. The molecule has 0 amide bonds. The molecule has 2 fully saturated rings. The standard InChI is InChI=1S/C19H27N/c20-19(14-8-3-1-2-4-9-14)18-16-12-11-13-7-5-6-10-15(13)17(16)18/h5-7,10,14,16-19H,1-4,8-9,11-12,20H2. The van der Waals surface area contributed by atoms with E-state index in [2.05, 4.69) is 24.3 Å². The fourth-order valence-electron chi connectivity index (χ4n) is 5.15. The number of benzene rings is 1. The van der Waals surface area contributed by atoms with Crippen LogP contribution in [0.4, 0.5) is 0 Å². The third-order valence-corrected chi connectivity index (χ3v) is 6.28. The summed E-state index contributed by atoms with van der Waals surface area (Å²) in [5, 5.41) is 0. The van der Waals surface area contributed by atoms with E-state index >= 15 is 0 Å². The number of fused-ring (bicyclic) bond motifs is 3. The van der Waals surface area contributed by atoms with Gasteiger partial charge in [-0.1, -0.05) is 49.9 Å². The highest BCUT2D eigenvalue weighted by Crippen LogP contribution is 2.62. The zero-order valence-electron chi connectivity index (χ0n) is 12.4. The molecule has 20 heavy (non-hydrogen) atoms. The highest BCUT2D eigenvalue weighted by molar-refractivity contribution is 5.40. The lowest BCUT2D eigenvalue weighted by atomic mass is 9.88. The van der Waals surface area contributed by atoms with Crippen LogP contribution in [0.1, 0.15) is 62.0 Å². The molecule has 3 aliphatic carbocycles. The van der Waals surface area contributed by atoms with E-state index in [1.165, 1.54) is 51.4 Å². The predicted molar refractivity (Wildman–Crippen MR) is 83.7 cm³/mol. The normalized spacial score (nSPS) is 34.8. The van der Waals surface area contributed by atoms with Crippen molar-refractivity contribution in [2.24, 2.45) is 23.5 Å². The first-order chi connectivity index (χ1) is 9.86. The minimum absolute atomic E-state index is 0.467. The maximum atomic E-state index is 6.74. The van der Waals surface area contributed by atoms with Crippen LogP contribution in [0.15, 0.2) is 24.3 Å². The third-order valence-electron chi connectivity index (χ3n) is 6.28. The Kier molecular flexibility index (Phi) is 3.34. The van der Waals surface area contributed by atoms with Gasteiger partial charge in [-0.15, -0.1) is 0 Å². The van der Waals surface area contributed by atoms with Crippen molar-refractivity contribution in [1.82, 2.24) is 0 Å². The fourth-order valence-corrected chi connectivity index (χ4v) is 5.15. The SMILES string of the molecule is NC(C1CCCCCC1)C1C2CCc3ccccc3C21. The van der Waals surface area contributed by atoms with Crippen molar-refractivity contribution >= 4 is 0 Å².